The smallest absolute Gasteiger partial charge is 0.00145 e. The van der Waals surface area contributed by atoms with E-state index < -0.39 is 0 Å². The molecule has 0 aromatic carbocycles. The summed E-state index contributed by atoms with van der Waals surface area (Å²) in [6, 6.07) is 0. The van der Waals surface area contributed by atoms with E-state index in [9.17, 15) is 0 Å². The molecule has 1 rings (SSSR count). The summed E-state index contributed by atoms with van der Waals surface area (Å²) in [6.07, 6.45) is 17.2. The third-order valence-corrected chi connectivity index (χ3v) is 2.84. The van der Waals surface area contributed by atoms with Gasteiger partial charge in [0.15, 0.2) is 0 Å². The van der Waals surface area contributed by atoms with Crippen molar-refractivity contribution in [3.05, 3.63) is 36.0 Å². The van der Waals surface area contributed by atoms with Crippen LogP contribution in [0.25, 0.3) is 0 Å². The van der Waals surface area contributed by atoms with Crippen LogP contribution in [-0.2, 0) is 0 Å². The molecule has 0 aromatic heterocycles. The van der Waals surface area contributed by atoms with Gasteiger partial charge in [-0.2, -0.15) is 0 Å². The molecule has 1 aliphatic carbocycles. The summed E-state index contributed by atoms with van der Waals surface area (Å²) in [6.45, 7) is 3.03. The lowest BCUT2D eigenvalue weighted by Gasteiger charge is -2.17. The van der Waals surface area contributed by atoms with Crippen molar-refractivity contribution in [2.24, 2.45) is 11.7 Å². The second-order valence-corrected chi connectivity index (χ2v) is 4.09. The van der Waals surface area contributed by atoms with E-state index >= 15 is 0 Å². The van der Waals surface area contributed by atoms with Gasteiger partial charge in [0.2, 0.25) is 0 Å². The Balaban J connectivity index is 2.46. The fourth-order valence-electron chi connectivity index (χ4n) is 2.03. The molecule has 1 aliphatic rings. The fourth-order valence-corrected chi connectivity index (χ4v) is 2.03. The Labute approximate surface area is 93.7 Å². The highest BCUT2D eigenvalue weighted by Gasteiger charge is 2.10. The van der Waals surface area contributed by atoms with E-state index in [0.29, 0.717) is 5.92 Å². The van der Waals surface area contributed by atoms with Crippen LogP contribution in [0.1, 0.15) is 39.0 Å². The maximum Gasteiger partial charge on any atom is 0.00145 e. The number of hydrogen-bond acceptors (Lipinski definition) is 1. The van der Waals surface area contributed by atoms with Gasteiger partial charge in [-0.05, 0) is 38.6 Å². The molecule has 2 N–H and O–H groups in total. The van der Waals surface area contributed by atoms with E-state index in [2.05, 4.69) is 37.3 Å². The van der Waals surface area contributed by atoms with Crippen molar-refractivity contribution in [3.63, 3.8) is 0 Å². The highest BCUT2D eigenvalue weighted by atomic mass is 14.5. The molecule has 0 bridgehead atoms. The van der Waals surface area contributed by atoms with Crippen molar-refractivity contribution in [1.82, 2.24) is 0 Å². The molecule has 0 saturated heterocycles. The van der Waals surface area contributed by atoms with Crippen LogP contribution in [0.2, 0.25) is 0 Å². The average molecular weight is 205 g/mol. The van der Waals surface area contributed by atoms with Gasteiger partial charge < -0.3 is 5.73 Å². The molecule has 0 fully saturated rings. The molecular formula is C14H23N. The number of hydrogen-bond donors (Lipinski definition) is 1. The topological polar surface area (TPSA) is 26.0 Å². The monoisotopic (exact) mass is 205 g/mol. The summed E-state index contributed by atoms with van der Waals surface area (Å²) in [4.78, 5) is 0. The van der Waals surface area contributed by atoms with E-state index in [-0.39, 0.29) is 0 Å². The van der Waals surface area contributed by atoms with Crippen molar-refractivity contribution in [2.75, 3.05) is 6.54 Å². The largest absolute Gasteiger partial charge is 0.330 e. The van der Waals surface area contributed by atoms with Gasteiger partial charge in [-0.3, -0.25) is 0 Å². The van der Waals surface area contributed by atoms with Crippen LogP contribution in [0.3, 0.4) is 0 Å². The number of unbranched alkanes of at least 4 members (excludes halogenated alkanes) is 1. The number of allylic oxidation sites excluding steroid dienone is 6. The number of nitrogens with two attached hydrogens (primary N) is 1. The van der Waals surface area contributed by atoms with Gasteiger partial charge in [-0.25, -0.2) is 0 Å². The zero-order valence-electron chi connectivity index (χ0n) is 9.78. The molecule has 0 aliphatic heterocycles. The Morgan fingerprint density at radius 3 is 2.87 bits per heavy atom. The van der Waals surface area contributed by atoms with E-state index in [1.807, 2.05) is 0 Å². The minimum Gasteiger partial charge on any atom is -0.330 e. The van der Waals surface area contributed by atoms with Crippen molar-refractivity contribution < 1.29 is 0 Å². The number of rotatable bonds is 6. The average Bonchev–Trinajstić information content (AvgIpc) is 2.29. The zero-order valence-corrected chi connectivity index (χ0v) is 9.78. The molecule has 0 amide bonds. The quantitative estimate of drug-likeness (QED) is 0.520. The van der Waals surface area contributed by atoms with Crippen molar-refractivity contribution in [1.29, 1.82) is 0 Å². The Morgan fingerprint density at radius 2 is 2.27 bits per heavy atom. The third-order valence-electron chi connectivity index (χ3n) is 2.84. The van der Waals surface area contributed by atoms with Gasteiger partial charge in [0, 0.05) is 5.92 Å². The highest BCUT2D eigenvalue weighted by Crippen LogP contribution is 2.25. The van der Waals surface area contributed by atoms with E-state index in [4.69, 9.17) is 5.73 Å². The normalized spacial score (nSPS) is 20.9. The highest BCUT2D eigenvalue weighted by molar-refractivity contribution is 5.21. The van der Waals surface area contributed by atoms with Gasteiger partial charge in [0.1, 0.15) is 0 Å². The first-order valence-corrected chi connectivity index (χ1v) is 6.10. The van der Waals surface area contributed by atoms with Gasteiger partial charge >= 0.3 is 0 Å². The molecule has 0 heterocycles. The zero-order chi connectivity index (χ0) is 10.9. The Morgan fingerprint density at radius 1 is 1.40 bits per heavy atom. The predicted octanol–water partition coefficient (Wildman–Crippen LogP) is 3.58. The lowest BCUT2D eigenvalue weighted by molar-refractivity contribution is 0.658. The van der Waals surface area contributed by atoms with Gasteiger partial charge in [-0.1, -0.05) is 42.9 Å². The molecule has 1 unspecified atom stereocenters. The van der Waals surface area contributed by atoms with Crippen LogP contribution in [0, 0.1) is 5.92 Å². The standard InChI is InChI=1S/C14H23N/c1-2-8-13(11-6-7-12-15)14-9-4-3-5-10-14/h3-5,8-9,14H,2,6-7,10-12,15H2,1H3/b13-8+. The van der Waals surface area contributed by atoms with Crippen molar-refractivity contribution in [3.8, 4) is 0 Å². The molecule has 0 saturated carbocycles. The third kappa shape index (κ3) is 4.48. The molecule has 1 heteroatoms. The van der Waals surface area contributed by atoms with Crippen LogP contribution in [0.15, 0.2) is 36.0 Å². The maximum absolute atomic E-state index is 5.52. The molecule has 0 radical (unpaired) electrons. The van der Waals surface area contributed by atoms with Gasteiger partial charge in [-0.15, -0.1) is 0 Å². The van der Waals surface area contributed by atoms with Crippen LogP contribution in [0.5, 0.6) is 0 Å². The summed E-state index contributed by atoms with van der Waals surface area (Å²) in [5, 5.41) is 0. The van der Waals surface area contributed by atoms with E-state index in [1.54, 1.807) is 5.57 Å². The molecule has 0 aromatic rings. The fraction of sp³-hybridized carbons (Fsp3) is 0.571. The minimum absolute atomic E-state index is 0.646. The Kier molecular flexibility index (Phi) is 6.10. The second kappa shape index (κ2) is 7.47. The Hall–Kier alpha value is -0.820. The molecular weight excluding hydrogens is 182 g/mol. The van der Waals surface area contributed by atoms with Crippen LogP contribution in [-0.4, -0.2) is 6.54 Å². The predicted molar refractivity (Wildman–Crippen MR) is 67.7 cm³/mol. The maximum atomic E-state index is 5.52. The van der Waals surface area contributed by atoms with E-state index in [1.165, 1.54) is 19.3 Å². The van der Waals surface area contributed by atoms with Gasteiger partial charge in [0.05, 0.1) is 0 Å². The molecule has 84 valence electrons. The molecule has 0 spiro atoms. The van der Waals surface area contributed by atoms with E-state index in [0.717, 1.165) is 19.4 Å². The summed E-state index contributed by atoms with van der Waals surface area (Å²) in [5.41, 5.74) is 7.13. The Bertz CT molecular complexity index is 248. The van der Waals surface area contributed by atoms with Crippen LogP contribution in [0.4, 0.5) is 0 Å². The summed E-state index contributed by atoms with van der Waals surface area (Å²) < 4.78 is 0. The lowest BCUT2D eigenvalue weighted by atomic mass is 9.88. The first-order valence-electron chi connectivity index (χ1n) is 6.10. The summed E-state index contributed by atoms with van der Waals surface area (Å²) in [7, 11) is 0. The molecule has 1 atom stereocenters. The molecule has 15 heavy (non-hydrogen) atoms. The first-order chi connectivity index (χ1) is 7.38. The lowest BCUT2D eigenvalue weighted by Crippen LogP contribution is -2.04. The van der Waals surface area contributed by atoms with Crippen LogP contribution < -0.4 is 5.73 Å². The first kappa shape index (κ1) is 12.3. The van der Waals surface area contributed by atoms with Crippen molar-refractivity contribution in [2.45, 2.75) is 39.0 Å². The second-order valence-electron chi connectivity index (χ2n) is 4.09. The van der Waals surface area contributed by atoms with Gasteiger partial charge in [0.25, 0.3) is 0 Å². The molecule has 1 nitrogen and oxygen atoms in total. The summed E-state index contributed by atoms with van der Waals surface area (Å²) in [5.74, 6) is 0.646. The summed E-state index contributed by atoms with van der Waals surface area (Å²) >= 11 is 0. The minimum atomic E-state index is 0.646. The SMILES string of the molecule is CC/C=C(\CCCCN)C1C=CC=CC1. The van der Waals surface area contributed by atoms with Crippen molar-refractivity contribution >= 4 is 0 Å². The van der Waals surface area contributed by atoms with Crippen LogP contribution >= 0.6 is 0 Å².